The molecule has 1 saturated heterocycles. The van der Waals surface area contributed by atoms with Crippen LogP contribution in [0.1, 0.15) is 33.5 Å². The summed E-state index contributed by atoms with van der Waals surface area (Å²) in [7, 11) is 4.75. The first kappa shape index (κ1) is 19.3. The van der Waals surface area contributed by atoms with E-state index in [0.717, 1.165) is 42.9 Å². The Kier molecular flexibility index (Phi) is 4.65. The zero-order valence-corrected chi connectivity index (χ0v) is 17.9. The lowest BCUT2D eigenvalue weighted by atomic mass is 9.72. The normalized spacial score (nSPS) is 27.9. The number of methoxy groups -OCH3 is 3. The first-order chi connectivity index (χ1) is 14.5. The maximum Gasteiger partial charge on any atom is 0.337 e. The van der Waals surface area contributed by atoms with Crippen molar-refractivity contribution in [3.63, 3.8) is 0 Å². The fourth-order valence-corrected chi connectivity index (χ4v) is 5.56. The molecule has 1 fully saturated rings. The molecule has 1 N–H and O–H groups in total. The van der Waals surface area contributed by atoms with E-state index in [1.54, 1.807) is 20.5 Å². The third kappa shape index (κ3) is 2.79. The van der Waals surface area contributed by atoms with E-state index < -0.39 is 0 Å². The lowest BCUT2D eigenvalue weighted by Crippen LogP contribution is -2.51. The van der Waals surface area contributed by atoms with E-state index in [4.69, 9.17) is 18.9 Å². The minimum Gasteiger partial charge on any atom is -0.497 e. The lowest BCUT2D eigenvalue weighted by Gasteiger charge is -2.49. The Bertz CT molecular complexity index is 1040. The number of hydrogen-bond acceptors (Lipinski definition) is 6. The van der Waals surface area contributed by atoms with Crippen molar-refractivity contribution >= 4 is 16.9 Å². The van der Waals surface area contributed by atoms with Crippen molar-refractivity contribution in [1.82, 2.24) is 9.88 Å². The molecule has 1 aromatic carbocycles. The molecule has 7 heteroatoms. The number of H-pyrrole nitrogens is 1. The van der Waals surface area contributed by atoms with E-state index in [1.165, 1.54) is 23.8 Å². The Morgan fingerprint density at radius 1 is 1.23 bits per heavy atom. The van der Waals surface area contributed by atoms with Gasteiger partial charge in [-0.25, -0.2) is 4.79 Å². The van der Waals surface area contributed by atoms with Crippen LogP contribution in [0.15, 0.2) is 24.0 Å². The quantitative estimate of drug-likeness (QED) is 0.770. The highest BCUT2D eigenvalue weighted by molar-refractivity contribution is 5.89. The number of carbonyl (C=O) groups is 1. The first-order valence-corrected chi connectivity index (χ1v) is 10.5. The van der Waals surface area contributed by atoms with Gasteiger partial charge in [0.15, 0.2) is 11.5 Å². The van der Waals surface area contributed by atoms with Gasteiger partial charge in [0.1, 0.15) is 0 Å². The summed E-state index contributed by atoms with van der Waals surface area (Å²) in [6.45, 7) is 4.00. The van der Waals surface area contributed by atoms with Crippen molar-refractivity contribution in [2.45, 2.75) is 31.9 Å². The monoisotopic (exact) mass is 416 g/mol. The predicted octanol–water partition coefficient (Wildman–Crippen LogP) is 3.69. The van der Waals surface area contributed by atoms with Crippen molar-refractivity contribution in [3.8, 4) is 11.5 Å². The SMILES string of the molecule is COC(=O)C1=COC(C)[C@H]2CN3CCc4c([nH]c5cc(OC)c(OC)cc45)C3CC12.[HH].[HH]. The number of rotatable bonds is 3. The van der Waals surface area contributed by atoms with Crippen LogP contribution in [0, 0.1) is 11.8 Å². The number of hydrogen-bond donors (Lipinski definition) is 1. The van der Waals surface area contributed by atoms with Crippen LogP contribution in [0.3, 0.4) is 0 Å². The molecule has 164 valence electrons. The van der Waals surface area contributed by atoms with Crippen molar-refractivity contribution in [2.24, 2.45) is 11.8 Å². The Hall–Kier alpha value is -2.67. The second-order valence-corrected chi connectivity index (χ2v) is 8.44. The molecule has 0 amide bonds. The zero-order valence-electron chi connectivity index (χ0n) is 17.9. The fraction of sp³-hybridized carbons (Fsp3) is 0.522. The standard InChI is InChI=1S/C23H28N2O5.2H2/c1-12-16-10-25-6-5-13-15-8-20(27-2)21(28-3)9-18(15)24-22(13)19(25)7-14(16)17(11-30-12)23(26)29-4;;/h8-9,11-12,14,16,19,24H,5-7,10H2,1-4H3;2*1H/t12?,14?,16-,19?;;/m1../s1. The van der Waals surface area contributed by atoms with E-state index in [-0.39, 0.29) is 32.8 Å². The number of nitrogens with zero attached hydrogens (tertiary/aromatic N) is 1. The van der Waals surface area contributed by atoms with Gasteiger partial charge in [0.25, 0.3) is 0 Å². The Morgan fingerprint density at radius 3 is 2.73 bits per heavy atom. The Balaban J connectivity index is 0.00000144. The van der Waals surface area contributed by atoms with Gasteiger partial charge < -0.3 is 23.9 Å². The zero-order chi connectivity index (χ0) is 21.0. The summed E-state index contributed by atoms with van der Waals surface area (Å²) in [5, 5.41) is 1.19. The van der Waals surface area contributed by atoms with Crippen LogP contribution >= 0.6 is 0 Å². The second-order valence-electron chi connectivity index (χ2n) is 8.44. The average molecular weight is 417 g/mol. The second kappa shape index (κ2) is 7.23. The molecule has 4 heterocycles. The smallest absolute Gasteiger partial charge is 0.337 e. The molecule has 3 aliphatic rings. The number of ether oxygens (including phenoxy) is 4. The fourth-order valence-electron chi connectivity index (χ4n) is 5.56. The first-order valence-electron chi connectivity index (χ1n) is 10.5. The highest BCUT2D eigenvalue weighted by atomic mass is 16.5. The molecule has 0 radical (unpaired) electrons. The maximum absolute atomic E-state index is 12.4. The van der Waals surface area contributed by atoms with E-state index in [2.05, 4.69) is 22.9 Å². The number of esters is 1. The minimum absolute atomic E-state index is 0. The molecule has 3 aliphatic heterocycles. The summed E-state index contributed by atoms with van der Waals surface area (Å²) >= 11 is 0. The third-order valence-electron chi connectivity index (χ3n) is 7.14. The summed E-state index contributed by atoms with van der Waals surface area (Å²) in [5.41, 5.74) is 4.31. The van der Waals surface area contributed by atoms with Crippen LogP contribution in [-0.2, 0) is 20.7 Å². The van der Waals surface area contributed by atoms with Gasteiger partial charge in [-0.15, -0.1) is 0 Å². The molecule has 2 aromatic rings. The van der Waals surface area contributed by atoms with Gasteiger partial charge in [-0.3, -0.25) is 4.90 Å². The molecule has 30 heavy (non-hydrogen) atoms. The van der Waals surface area contributed by atoms with Gasteiger partial charge in [-0.05, 0) is 31.4 Å². The van der Waals surface area contributed by atoms with E-state index in [9.17, 15) is 4.79 Å². The molecule has 0 saturated carbocycles. The summed E-state index contributed by atoms with van der Waals surface area (Å²) in [5.74, 6) is 1.59. The van der Waals surface area contributed by atoms with Crippen molar-refractivity contribution in [3.05, 3.63) is 35.2 Å². The van der Waals surface area contributed by atoms with Crippen LogP contribution in [0.4, 0.5) is 0 Å². The van der Waals surface area contributed by atoms with Crippen LogP contribution < -0.4 is 9.47 Å². The van der Waals surface area contributed by atoms with Gasteiger partial charge in [0.2, 0.25) is 0 Å². The van der Waals surface area contributed by atoms with Crippen molar-refractivity contribution < 1.29 is 26.6 Å². The van der Waals surface area contributed by atoms with E-state index in [1.807, 2.05) is 6.07 Å². The molecule has 0 aliphatic carbocycles. The summed E-state index contributed by atoms with van der Waals surface area (Å²) in [4.78, 5) is 18.6. The molecule has 1 aromatic heterocycles. The van der Waals surface area contributed by atoms with Crippen LogP contribution in [0.2, 0.25) is 0 Å². The van der Waals surface area contributed by atoms with Crippen molar-refractivity contribution in [1.29, 1.82) is 0 Å². The number of aromatic nitrogens is 1. The predicted molar refractivity (Wildman–Crippen MR) is 116 cm³/mol. The van der Waals surface area contributed by atoms with Gasteiger partial charge in [0.05, 0.1) is 45.3 Å². The van der Waals surface area contributed by atoms with Crippen LogP contribution in [0.25, 0.3) is 10.9 Å². The minimum atomic E-state index is -0.285. The van der Waals surface area contributed by atoms with Crippen molar-refractivity contribution in [2.75, 3.05) is 34.4 Å². The number of carbonyl (C=O) groups excluding carboxylic acids is 1. The van der Waals surface area contributed by atoms with Gasteiger partial charge in [0, 0.05) is 50.4 Å². The number of piperidine rings is 1. The highest BCUT2D eigenvalue weighted by Crippen LogP contribution is 2.48. The van der Waals surface area contributed by atoms with Crippen LogP contribution in [-0.4, -0.2) is 56.4 Å². The number of benzene rings is 1. The van der Waals surface area contributed by atoms with Gasteiger partial charge in [-0.2, -0.15) is 0 Å². The summed E-state index contributed by atoms with van der Waals surface area (Å²) in [6.07, 6.45) is 3.56. The average Bonchev–Trinajstić information content (AvgIpc) is 3.14. The van der Waals surface area contributed by atoms with E-state index in [0.29, 0.717) is 5.57 Å². The highest BCUT2D eigenvalue weighted by Gasteiger charge is 2.47. The number of fused-ring (bicyclic) bond motifs is 6. The molecule has 3 unspecified atom stereocenters. The summed E-state index contributed by atoms with van der Waals surface area (Å²) in [6, 6.07) is 4.32. The largest absolute Gasteiger partial charge is 0.497 e. The third-order valence-corrected chi connectivity index (χ3v) is 7.14. The molecule has 0 spiro atoms. The molecular formula is C23H32N2O5. The molecule has 0 bridgehead atoms. The molecule has 5 rings (SSSR count). The topological polar surface area (TPSA) is 73.0 Å². The van der Waals surface area contributed by atoms with Crippen LogP contribution in [0.5, 0.6) is 11.5 Å². The number of aromatic amines is 1. The summed E-state index contributed by atoms with van der Waals surface area (Å²) < 4.78 is 21.9. The lowest BCUT2D eigenvalue weighted by molar-refractivity contribution is -0.139. The Morgan fingerprint density at radius 2 is 2.00 bits per heavy atom. The molecule has 4 atom stereocenters. The maximum atomic E-state index is 12.4. The Labute approximate surface area is 178 Å². The van der Waals surface area contributed by atoms with E-state index >= 15 is 0 Å². The number of nitrogens with one attached hydrogen (secondary N) is 1. The molecular weight excluding hydrogens is 384 g/mol. The van der Waals surface area contributed by atoms with Gasteiger partial charge >= 0.3 is 5.97 Å². The van der Waals surface area contributed by atoms with Gasteiger partial charge in [-0.1, -0.05) is 0 Å². The molecule has 7 nitrogen and oxygen atoms in total.